The lowest BCUT2D eigenvalue weighted by atomic mass is 10.1. The number of amides is 1. The summed E-state index contributed by atoms with van der Waals surface area (Å²) in [6, 6.07) is 10.1. The second-order valence-corrected chi connectivity index (χ2v) is 5.71. The van der Waals surface area contributed by atoms with Crippen molar-refractivity contribution in [2.75, 3.05) is 5.32 Å². The van der Waals surface area contributed by atoms with Gasteiger partial charge in [-0.15, -0.1) is 0 Å². The molecular weight excluding hydrogens is 270 g/mol. The average Bonchev–Trinajstić information content (AvgIpc) is 2.35. The van der Waals surface area contributed by atoms with E-state index in [1.807, 2.05) is 0 Å². The highest BCUT2D eigenvalue weighted by molar-refractivity contribution is 5.96. The number of nitrogens with one attached hydrogen (secondary N) is 1. The molecule has 0 spiro atoms. The number of carboxylic acids is 1. The van der Waals surface area contributed by atoms with Gasteiger partial charge in [-0.2, -0.15) is 0 Å². The number of hydrogen-bond acceptors (Lipinski definition) is 3. The normalized spacial score (nSPS) is 11.2. The van der Waals surface area contributed by atoms with Crippen molar-refractivity contribution in [2.45, 2.75) is 26.4 Å². The Kier molecular flexibility index (Phi) is 3.84. The van der Waals surface area contributed by atoms with Crippen LogP contribution in [0.3, 0.4) is 0 Å². The van der Waals surface area contributed by atoms with E-state index in [1.54, 1.807) is 51.1 Å². The number of fused-ring (bicyclic) bond motifs is 1. The minimum Gasteiger partial charge on any atom is -0.478 e. The standard InChI is InChI=1S/C16H17NO4/c1-16(2,3)21-15(20)17-13-7-6-10-8-12(14(18)19)5-4-11(10)9-13/h4-9H,1-3H3,(H,17,20)(H,18,19). The second-order valence-electron chi connectivity index (χ2n) is 5.71. The first-order valence-corrected chi connectivity index (χ1v) is 6.52. The number of carboxylic acid groups (broad SMARTS) is 1. The fraction of sp³-hybridized carbons (Fsp3) is 0.250. The molecule has 0 fully saturated rings. The molecule has 5 nitrogen and oxygen atoms in total. The van der Waals surface area contributed by atoms with Crippen LogP contribution in [-0.4, -0.2) is 22.8 Å². The van der Waals surface area contributed by atoms with E-state index in [-0.39, 0.29) is 5.56 Å². The van der Waals surface area contributed by atoms with E-state index in [2.05, 4.69) is 5.32 Å². The fourth-order valence-electron chi connectivity index (χ4n) is 1.88. The van der Waals surface area contributed by atoms with Crippen molar-refractivity contribution in [1.29, 1.82) is 0 Å². The third-order valence-corrected chi connectivity index (χ3v) is 2.73. The first-order valence-electron chi connectivity index (χ1n) is 6.52. The quantitative estimate of drug-likeness (QED) is 0.878. The largest absolute Gasteiger partial charge is 0.478 e. The van der Waals surface area contributed by atoms with Gasteiger partial charge in [0.1, 0.15) is 5.60 Å². The Hall–Kier alpha value is -2.56. The van der Waals surface area contributed by atoms with E-state index in [0.717, 1.165) is 10.8 Å². The lowest BCUT2D eigenvalue weighted by Gasteiger charge is -2.19. The van der Waals surface area contributed by atoms with Crippen LogP contribution >= 0.6 is 0 Å². The molecule has 0 aliphatic carbocycles. The molecule has 5 heteroatoms. The Labute approximate surface area is 122 Å². The van der Waals surface area contributed by atoms with Gasteiger partial charge in [-0.3, -0.25) is 5.32 Å². The highest BCUT2D eigenvalue weighted by Gasteiger charge is 2.16. The Balaban J connectivity index is 2.22. The zero-order chi connectivity index (χ0) is 15.6. The molecule has 2 aromatic carbocycles. The van der Waals surface area contributed by atoms with Crippen LogP contribution in [0.2, 0.25) is 0 Å². The number of ether oxygens (including phenoxy) is 1. The second kappa shape index (κ2) is 5.44. The van der Waals surface area contributed by atoms with Gasteiger partial charge in [-0.05, 0) is 55.8 Å². The van der Waals surface area contributed by atoms with Crippen LogP contribution in [-0.2, 0) is 4.74 Å². The Morgan fingerprint density at radius 1 is 1.05 bits per heavy atom. The summed E-state index contributed by atoms with van der Waals surface area (Å²) in [5.41, 5.74) is 0.271. The average molecular weight is 287 g/mol. The Morgan fingerprint density at radius 3 is 2.29 bits per heavy atom. The van der Waals surface area contributed by atoms with Gasteiger partial charge in [0.25, 0.3) is 0 Å². The molecule has 0 aliphatic heterocycles. The van der Waals surface area contributed by atoms with Crippen molar-refractivity contribution in [3.8, 4) is 0 Å². The SMILES string of the molecule is CC(C)(C)OC(=O)Nc1ccc2cc(C(=O)O)ccc2c1. The van der Waals surface area contributed by atoms with Crippen LogP contribution in [0.4, 0.5) is 10.5 Å². The summed E-state index contributed by atoms with van der Waals surface area (Å²) in [5, 5.41) is 13.2. The van der Waals surface area contributed by atoms with Gasteiger partial charge in [0.2, 0.25) is 0 Å². The molecule has 110 valence electrons. The molecule has 0 saturated heterocycles. The number of hydrogen-bond donors (Lipinski definition) is 2. The van der Waals surface area contributed by atoms with E-state index in [4.69, 9.17) is 9.84 Å². The summed E-state index contributed by atoms with van der Waals surface area (Å²) in [6.07, 6.45) is -0.524. The van der Waals surface area contributed by atoms with E-state index in [9.17, 15) is 9.59 Å². The van der Waals surface area contributed by atoms with Gasteiger partial charge in [0.15, 0.2) is 0 Å². The smallest absolute Gasteiger partial charge is 0.412 e. The molecule has 0 saturated carbocycles. The monoisotopic (exact) mass is 287 g/mol. The van der Waals surface area contributed by atoms with Gasteiger partial charge in [-0.1, -0.05) is 12.1 Å². The molecule has 2 aromatic rings. The van der Waals surface area contributed by atoms with Crippen molar-refractivity contribution in [2.24, 2.45) is 0 Å². The zero-order valence-corrected chi connectivity index (χ0v) is 12.1. The number of anilines is 1. The van der Waals surface area contributed by atoms with Gasteiger partial charge in [-0.25, -0.2) is 9.59 Å². The third-order valence-electron chi connectivity index (χ3n) is 2.73. The summed E-state index contributed by atoms with van der Waals surface area (Å²) in [7, 11) is 0. The summed E-state index contributed by atoms with van der Waals surface area (Å²) in [5.74, 6) is -0.965. The molecule has 1 amide bonds. The molecule has 0 aliphatic rings. The molecule has 0 aromatic heterocycles. The number of carbonyl (C=O) groups excluding carboxylic acids is 1. The van der Waals surface area contributed by atoms with Crippen LogP contribution in [0.5, 0.6) is 0 Å². The number of rotatable bonds is 2. The molecule has 0 unspecified atom stereocenters. The first-order chi connectivity index (χ1) is 9.74. The lowest BCUT2D eigenvalue weighted by Crippen LogP contribution is -2.27. The summed E-state index contributed by atoms with van der Waals surface area (Å²) < 4.78 is 5.18. The number of carbonyl (C=O) groups is 2. The summed E-state index contributed by atoms with van der Waals surface area (Å²) in [6.45, 7) is 5.38. The highest BCUT2D eigenvalue weighted by Crippen LogP contribution is 2.21. The molecule has 0 bridgehead atoms. The molecule has 0 heterocycles. The maximum atomic E-state index is 11.7. The molecule has 21 heavy (non-hydrogen) atoms. The van der Waals surface area contributed by atoms with Crippen LogP contribution in [0.25, 0.3) is 10.8 Å². The minimum absolute atomic E-state index is 0.232. The van der Waals surface area contributed by atoms with E-state index in [0.29, 0.717) is 5.69 Å². The molecule has 0 atom stereocenters. The van der Waals surface area contributed by atoms with Gasteiger partial charge in [0, 0.05) is 5.69 Å². The molecule has 0 radical (unpaired) electrons. The van der Waals surface area contributed by atoms with E-state index < -0.39 is 17.7 Å². The fourth-order valence-corrected chi connectivity index (χ4v) is 1.88. The topological polar surface area (TPSA) is 75.6 Å². The molecular formula is C16H17NO4. The van der Waals surface area contributed by atoms with Crippen molar-refractivity contribution >= 4 is 28.5 Å². The first kappa shape index (κ1) is 14.8. The van der Waals surface area contributed by atoms with Crippen molar-refractivity contribution < 1.29 is 19.4 Å². The maximum Gasteiger partial charge on any atom is 0.412 e. The molecule has 2 rings (SSSR count). The van der Waals surface area contributed by atoms with Crippen molar-refractivity contribution in [1.82, 2.24) is 0 Å². The maximum absolute atomic E-state index is 11.7. The summed E-state index contributed by atoms with van der Waals surface area (Å²) >= 11 is 0. The van der Waals surface area contributed by atoms with Gasteiger partial charge in [0.05, 0.1) is 5.56 Å². The van der Waals surface area contributed by atoms with Crippen LogP contribution in [0, 0.1) is 0 Å². The van der Waals surface area contributed by atoms with Gasteiger partial charge >= 0.3 is 12.1 Å². The molecule has 2 N–H and O–H groups in total. The van der Waals surface area contributed by atoms with E-state index >= 15 is 0 Å². The van der Waals surface area contributed by atoms with Crippen LogP contribution in [0.15, 0.2) is 36.4 Å². The third kappa shape index (κ3) is 3.95. The predicted octanol–water partition coefficient (Wildman–Crippen LogP) is 3.89. The number of aromatic carboxylic acids is 1. The Bertz CT molecular complexity index is 701. The van der Waals surface area contributed by atoms with Crippen molar-refractivity contribution in [3.05, 3.63) is 42.0 Å². The van der Waals surface area contributed by atoms with Gasteiger partial charge < -0.3 is 9.84 Å². The van der Waals surface area contributed by atoms with Crippen LogP contribution < -0.4 is 5.32 Å². The number of benzene rings is 2. The van der Waals surface area contributed by atoms with Crippen LogP contribution in [0.1, 0.15) is 31.1 Å². The van der Waals surface area contributed by atoms with E-state index in [1.165, 1.54) is 6.07 Å². The Morgan fingerprint density at radius 2 is 1.67 bits per heavy atom. The lowest BCUT2D eigenvalue weighted by molar-refractivity contribution is 0.0634. The summed E-state index contributed by atoms with van der Waals surface area (Å²) in [4.78, 5) is 22.6. The van der Waals surface area contributed by atoms with Crippen molar-refractivity contribution in [3.63, 3.8) is 0 Å². The predicted molar refractivity (Wildman–Crippen MR) is 80.8 cm³/mol. The minimum atomic E-state index is -0.965. The zero-order valence-electron chi connectivity index (χ0n) is 12.1. The highest BCUT2D eigenvalue weighted by atomic mass is 16.6.